The molecular formula is C11H21N2+. The number of nitrogens with zero attached hydrogens (tertiary/aromatic N) is 1. The maximum atomic E-state index is 2.83. The smallest absolute Gasteiger partial charge is 0.144 e. The van der Waals surface area contributed by atoms with Gasteiger partial charge in [0, 0.05) is 13.0 Å². The monoisotopic (exact) mass is 181 g/mol. The Morgan fingerprint density at radius 1 is 1.00 bits per heavy atom. The molecule has 3 heterocycles. The van der Waals surface area contributed by atoms with Gasteiger partial charge in [-0.15, -0.1) is 0 Å². The van der Waals surface area contributed by atoms with E-state index in [2.05, 4.69) is 4.90 Å². The first-order valence-electron chi connectivity index (χ1n) is 6.05. The molecule has 2 nitrogen and oxygen atoms in total. The van der Waals surface area contributed by atoms with Crippen molar-refractivity contribution in [2.75, 3.05) is 19.6 Å². The number of quaternary nitrogens is 1. The quantitative estimate of drug-likeness (QED) is 0.563. The van der Waals surface area contributed by atoms with E-state index in [-0.39, 0.29) is 0 Å². The standard InChI is InChI=1S/C11H20N2/c1-4-8-13-10(5-1)9-12-7-3-2-6-11(12)13/h10-11H,1-9H2/p+1. The molecule has 0 aromatic carbocycles. The van der Waals surface area contributed by atoms with Crippen LogP contribution in [0, 0.1) is 0 Å². The van der Waals surface area contributed by atoms with Crippen LogP contribution in [-0.2, 0) is 0 Å². The van der Waals surface area contributed by atoms with Gasteiger partial charge >= 0.3 is 0 Å². The molecule has 0 aliphatic carbocycles. The summed E-state index contributed by atoms with van der Waals surface area (Å²) in [5.74, 6) is 0. The van der Waals surface area contributed by atoms with E-state index < -0.39 is 0 Å². The number of hydrogen-bond acceptors (Lipinski definition) is 1. The van der Waals surface area contributed by atoms with Crippen molar-refractivity contribution in [1.82, 2.24) is 4.90 Å². The third-order valence-corrected chi connectivity index (χ3v) is 4.27. The van der Waals surface area contributed by atoms with Crippen LogP contribution in [0.4, 0.5) is 0 Å². The van der Waals surface area contributed by atoms with Crippen molar-refractivity contribution in [3.05, 3.63) is 0 Å². The molecule has 3 saturated heterocycles. The molecule has 0 saturated carbocycles. The van der Waals surface area contributed by atoms with Crippen molar-refractivity contribution in [2.45, 2.75) is 50.7 Å². The second-order valence-corrected chi connectivity index (χ2v) is 5.01. The van der Waals surface area contributed by atoms with Gasteiger partial charge in [-0.25, -0.2) is 4.90 Å². The average molecular weight is 181 g/mol. The highest BCUT2D eigenvalue weighted by atomic mass is 15.4. The van der Waals surface area contributed by atoms with E-state index in [1.807, 2.05) is 4.90 Å². The Morgan fingerprint density at radius 2 is 1.92 bits per heavy atom. The summed E-state index contributed by atoms with van der Waals surface area (Å²) >= 11 is 0. The van der Waals surface area contributed by atoms with Crippen LogP contribution in [0.1, 0.15) is 38.5 Å². The molecule has 0 bridgehead atoms. The van der Waals surface area contributed by atoms with E-state index in [0.29, 0.717) is 0 Å². The lowest BCUT2D eigenvalue weighted by Crippen LogP contribution is -3.15. The number of hydrogen-bond donors (Lipinski definition) is 1. The maximum absolute atomic E-state index is 2.83. The number of fused-ring (bicyclic) bond motifs is 3. The molecule has 1 N–H and O–H groups in total. The predicted molar refractivity (Wildman–Crippen MR) is 52.7 cm³/mol. The van der Waals surface area contributed by atoms with Gasteiger partial charge < -0.3 is 4.90 Å². The van der Waals surface area contributed by atoms with Crippen LogP contribution < -0.4 is 4.90 Å². The summed E-state index contributed by atoms with van der Waals surface area (Å²) in [4.78, 5) is 4.75. The van der Waals surface area contributed by atoms with Crippen LogP contribution >= 0.6 is 0 Å². The molecule has 74 valence electrons. The summed E-state index contributed by atoms with van der Waals surface area (Å²) in [7, 11) is 0. The van der Waals surface area contributed by atoms with Crippen molar-refractivity contribution in [2.24, 2.45) is 0 Å². The summed E-state index contributed by atoms with van der Waals surface area (Å²) in [6.07, 6.45) is 9.80. The Kier molecular flexibility index (Phi) is 2.06. The van der Waals surface area contributed by atoms with Crippen LogP contribution in [0.15, 0.2) is 0 Å². The van der Waals surface area contributed by atoms with Crippen molar-refractivity contribution in [3.8, 4) is 0 Å². The molecular weight excluding hydrogens is 160 g/mol. The summed E-state index contributed by atoms with van der Waals surface area (Å²) in [5.41, 5.74) is 0. The van der Waals surface area contributed by atoms with E-state index >= 15 is 0 Å². The van der Waals surface area contributed by atoms with Gasteiger partial charge in [-0.2, -0.15) is 0 Å². The van der Waals surface area contributed by atoms with Gasteiger partial charge in [-0.1, -0.05) is 6.42 Å². The SMILES string of the molecule is C1CCN2C(C1)C[NH+]1CCCCC21. The molecule has 3 unspecified atom stereocenters. The van der Waals surface area contributed by atoms with Crippen LogP contribution in [0.25, 0.3) is 0 Å². The number of nitrogens with one attached hydrogen (secondary N) is 1. The zero-order chi connectivity index (χ0) is 8.67. The van der Waals surface area contributed by atoms with Crippen LogP contribution in [-0.4, -0.2) is 36.7 Å². The normalized spacial score (nSPS) is 45.7. The molecule has 3 fully saturated rings. The lowest BCUT2D eigenvalue weighted by Gasteiger charge is -2.33. The van der Waals surface area contributed by atoms with Gasteiger partial charge in [-0.3, -0.25) is 0 Å². The zero-order valence-corrected chi connectivity index (χ0v) is 8.47. The summed E-state index contributed by atoms with van der Waals surface area (Å²) in [6, 6.07) is 0.965. The second-order valence-electron chi connectivity index (χ2n) is 5.01. The Morgan fingerprint density at radius 3 is 2.92 bits per heavy atom. The molecule has 3 atom stereocenters. The molecule has 0 aromatic rings. The zero-order valence-electron chi connectivity index (χ0n) is 8.47. The van der Waals surface area contributed by atoms with Gasteiger partial charge in [0.1, 0.15) is 6.17 Å². The second kappa shape index (κ2) is 3.25. The molecule has 2 heteroatoms. The van der Waals surface area contributed by atoms with Crippen LogP contribution in [0.2, 0.25) is 0 Å². The summed E-state index contributed by atoms with van der Waals surface area (Å²) in [6.45, 7) is 4.32. The van der Waals surface area contributed by atoms with Gasteiger partial charge in [-0.05, 0) is 25.7 Å². The van der Waals surface area contributed by atoms with Gasteiger partial charge in [0.05, 0.1) is 19.1 Å². The minimum atomic E-state index is 0.930. The molecule has 0 radical (unpaired) electrons. The van der Waals surface area contributed by atoms with Gasteiger partial charge in [0.25, 0.3) is 0 Å². The van der Waals surface area contributed by atoms with Crippen molar-refractivity contribution in [3.63, 3.8) is 0 Å². The Bertz CT molecular complexity index is 173. The van der Waals surface area contributed by atoms with Crippen LogP contribution in [0.5, 0.6) is 0 Å². The van der Waals surface area contributed by atoms with Crippen LogP contribution in [0.3, 0.4) is 0 Å². The number of piperidine rings is 2. The number of rotatable bonds is 0. The van der Waals surface area contributed by atoms with Crippen molar-refractivity contribution < 1.29 is 4.90 Å². The highest BCUT2D eigenvalue weighted by molar-refractivity contribution is 4.83. The first-order chi connectivity index (χ1) is 6.45. The topological polar surface area (TPSA) is 7.68 Å². The predicted octanol–water partition coefficient (Wildman–Crippen LogP) is 0.249. The third-order valence-electron chi connectivity index (χ3n) is 4.27. The molecule has 3 rings (SSSR count). The summed E-state index contributed by atoms with van der Waals surface area (Å²) < 4.78 is 0. The minimum Gasteiger partial charge on any atom is -0.319 e. The highest BCUT2D eigenvalue weighted by Gasteiger charge is 2.44. The van der Waals surface area contributed by atoms with Gasteiger partial charge in [0.15, 0.2) is 0 Å². The third kappa shape index (κ3) is 1.31. The summed E-state index contributed by atoms with van der Waals surface area (Å²) in [5, 5.41) is 0. The van der Waals surface area contributed by atoms with E-state index in [0.717, 1.165) is 12.2 Å². The van der Waals surface area contributed by atoms with Crippen molar-refractivity contribution in [1.29, 1.82) is 0 Å². The molecule has 3 aliphatic rings. The molecule has 3 aliphatic heterocycles. The first-order valence-corrected chi connectivity index (χ1v) is 6.05. The highest BCUT2D eigenvalue weighted by Crippen LogP contribution is 2.23. The Labute approximate surface area is 80.9 Å². The molecule has 0 aromatic heterocycles. The Hall–Kier alpha value is -0.0800. The van der Waals surface area contributed by atoms with Crippen molar-refractivity contribution >= 4 is 0 Å². The van der Waals surface area contributed by atoms with Gasteiger partial charge in [0.2, 0.25) is 0 Å². The molecule has 0 amide bonds. The average Bonchev–Trinajstić information content (AvgIpc) is 2.56. The molecule has 0 spiro atoms. The first kappa shape index (κ1) is 8.25. The lowest BCUT2D eigenvalue weighted by atomic mass is 10.0. The maximum Gasteiger partial charge on any atom is 0.144 e. The molecule has 13 heavy (non-hydrogen) atoms. The fraction of sp³-hybridized carbons (Fsp3) is 1.00. The minimum absolute atomic E-state index is 0.930. The lowest BCUT2D eigenvalue weighted by molar-refractivity contribution is -0.924. The van der Waals surface area contributed by atoms with E-state index in [1.165, 1.54) is 58.2 Å². The van der Waals surface area contributed by atoms with E-state index in [1.54, 1.807) is 0 Å². The fourth-order valence-corrected chi connectivity index (χ4v) is 3.65. The van der Waals surface area contributed by atoms with E-state index in [9.17, 15) is 0 Å². The fourth-order valence-electron chi connectivity index (χ4n) is 3.65. The Balaban J connectivity index is 1.76. The largest absolute Gasteiger partial charge is 0.319 e. The van der Waals surface area contributed by atoms with E-state index in [4.69, 9.17) is 0 Å².